The number of anilines is 1. The van der Waals surface area contributed by atoms with Gasteiger partial charge in [0, 0.05) is 12.2 Å². The third kappa shape index (κ3) is 4.24. The van der Waals surface area contributed by atoms with Crippen molar-refractivity contribution in [3.05, 3.63) is 30.1 Å². The molecule has 0 radical (unpaired) electrons. The van der Waals surface area contributed by atoms with Crippen LogP contribution in [0.2, 0.25) is 0 Å². The first kappa shape index (κ1) is 18.2. The van der Waals surface area contributed by atoms with Crippen LogP contribution in [0.1, 0.15) is 32.1 Å². The van der Waals surface area contributed by atoms with Crippen molar-refractivity contribution in [1.82, 2.24) is 0 Å². The minimum atomic E-state index is -0.702. The van der Waals surface area contributed by atoms with Crippen molar-refractivity contribution >= 4 is 17.6 Å². The second-order valence-electron chi connectivity index (χ2n) is 6.28. The number of hydrogen-bond acceptors (Lipinski definition) is 5. The summed E-state index contributed by atoms with van der Waals surface area (Å²) in [4.78, 5) is 24.2. The lowest BCUT2D eigenvalue weighted by Gasteiger charge is -2.37. The van der Waals surface area contributed by atoms with E-state index in [1.807, 2.05) is 0 Å². The zero-order valence-corrected chi connectivity index (χ0v) is 14.1. The Morgan fingerprint density at radius 1 is 1.33 bits per heavy atom. The maximum atomic E-state index is 13.2. The summed E-state index contributed by atoms with van der Waals surface area (Å²) in [7, 11) is 2.73. The predicted octanol–water partition coefficient (Wildman–Crippen LogP) is 3.15. The molecule has 1 aromatic carbocycles. The molecular weight excluding hydrogens is 313 g/mol. The van der Waals surface area contributed by atoms with Gasteiger partial charge in [0.15, 0.2) is 0 Å². The molecule has 0 bridgehead atoms. The molecule has 1 aromatic rings. The van der Waals surface area contributed by atoms with Crippen molar-refractivity contribution in [1.29, 1.82) is 0 Å². The molecule has 1 aliphatic rings. The number of rotatable bonds is 6. The molecule has 2 unspecified atom stereocenters. The van der Waals surface area contributed by atoms with Crippen molar-refractivity contribution in [3.63, 3.8) is 0 Å². The molecule has 0 spiro atoms. The smallest absolute Gasteiger partial charge is 0.311 e. The van der Waals surface area contributed by atoms with Gasteiger partial charge in [-0.3, -0.25) is 9.59 Å². The first-order valence-electron chi connectivity index (χ1n) is 8.16. The molecular formula is C18H24FNO4. The molecule has 1 aliphatic carbocycles. The number of halogens is 1. The van der Waals surface area contributed by atoms with Crippen molar-refractivity contribution in [2.75, 3.05) is 26.1 Å². The SMILES string of the molecule is COC(=O)C1CCCC(CCNc2cccc(F)c2)(C(=O)OC)C1. The topological polar surface area (TPSA) is 64.6 Å². The molecule has 1 N–H and O–H groups in total. The molecule has 0 saturated heterocycles. The Bertz CT molecular complexity index is 592. The number of nitrogens with one attached hydrogen (secondary N) is 1. The van der Waals surface area contributed by atoms with Gasteiger partial charge in [0.1, 0.15) is 5.82 Å². The molecule has 5 nitrogen and oxygen atoms in total. The lowest BCUT2D eigenvalue weighted by molar-refractivity contribution is -0.160. The van der Waals surface area contributed by atoms with Gasteiger partial charge < -0.3 is 14.8 Å². The average Bonchev–Trinajstić information content (AvgIpc) is 2.60. The average molecular weight is 337 g/mol. The highest BCUT2D eigenvalue weighted by atomic mass is 19.1. The standard InChI is InChI=1S/C18H24FNO4/c1-23-16(21)13-5-4-8-18(12-13,17(22)24-2)9-10-20-15-7-3-6-14(19)11-15/h3,6-7,11,13,20H,4-5,8-10,12H2,1-2H3. The Morgan fingerprint density at radius 2 is 2.12 bits per heavy atom. The van der Waals surface area contributed by atoms with Crippen LogP contribution in [0.5, 0.6) is 0 Å². The van der Waals surface area contributed by atoms with Gasteiger partial charge in [-0.2, -0.15) is 0 Å². The fourth-order valence-corrected chi connectivity index (χ4v) is 3.51. The Morgan fingerprint density at radius 3 is 2.79 bits per heavy atom. The minimum absolute atomic E-state index is 0.277. The number of carbonyl (C=O) groups excluding carboxylic acids is 2. The van der Waals surface area contributed by atoms with Crippen LogP contribution in [0.15, 0.2) is 24.3 Å². The van der Waals surface area contributed by atoms with Crippen LogP contribution in [0.4, 0.5) is 10.1 Å². The molecule has 0 amide bonds. The molecule has 132 valence electrons. The molecule has 2 rings (SSSR count). The predicted molar refractivity (Wildman–Crippen MR) is 87.9 cm³/mol. The summed E-state index contributed by atoms with van der Waals surface area (Å²) < 4.78 is 23.1. The maximum absolute atomic E-state index is 13.2. The minimum Gasteiger partial charge on any atom is -0.469 e. The number of hydrogen-bond donors (Lipinski definition) is 1. The van der Waals surface area contributed by atoms with Crippen LogP contribution in [0.25, 0.3) is 0 Å². The normalized spacial score (nSPS) is 23.4. The van der Waals surface area contributed by atoms with Gasteiger partial charge in [0.05, 0.1) is 25.6 Å². The molecule has 1 fully saturated rings. The Balaban J connectivity index is 2.04. The van der Waals surface area contributed by atoms with Crippen LogP contribution < -0.4 is 5.32 Å². The van der Waals surface area contributed by atoms with E-state index in [0.29, 0.717) is 31.5 Å². The lowest BCUT2D eigenvalue weighted by Crippen LogP contribution is -2.41. The molecule has 1 saturated carbocycles. The quantitative estimate of drug-likeness (QED) is 0.808. The van der Waals surface area contributed by atoms with E-state index in [2.05, 4.69) is 5.32 Å². The molecule has 2 atom stereocenters. The zero-order chi connectivity index (χ0) is 17.6. The van der Waals surface area contributed by atoms with Gasteiger partial charge in [-0.25, -0.2) is 4.39 Å². The third-order valence-corrected chi connectivity index (χ3v) is 4.76. The Kier molecular flexibility index (Phi) is 6.17. The van der Waals surface area contributed by atoms with Gasteiger partial charge in [-0.15, -0.1) is 0 Å². The van der Waals surface area contributed by atoms with Crippen LogP contribution in [0.3, 0.4) is 0 Å². The summed E-state index contributed by atoms with van der Waals surface area (Å²) in [6, 6.07) is 6.18. The molecule has 0 heterocycles. The fraction of sp³-hybridized carbons (Fsp3) is 0.556. The highest BCUT2D eigenvalue weighted by Crippen LogP contribution is 2.43. The van der Waals surface area contributed by atoms with E-state index in [1.165, 1.54) is 26.4 Å². The summed E-state index contributed by atoms with van der Waals surface area (Å²) in [6.45, 7) is 0.493. The summed E-state index contributed by atoms with van der Waals surface area (Å²) in [5.41, 5.74) is -0.0398. The van der Waals surface area contributed by atoms with Crippen molar-refractivity contribution in [3.8, 4) is 0 Å². The number of benzene rings is 1. The van der Waals surface area contributed by atoms with E-state index in [0.717, 1.165) is 12.8 Å². The molecule has 0 aliphatic heterocycles. The largest absolute Gasteiger partial charge is 0.469 e. The van der Waals surface area contributed by atoms with E-state index in [9.17, 15) is 14.0 Å². The van der Waals surface area contributed by atoms with Crippen LogP contribution in [-0.4, -0.2) is 32.7 Å². The van der Waals surface area contributed by atoms with Gasteiger partial charge >= 0.3 is 11.9 Å². The van der Waals surface area contributed by atoms with Gasteiger partial charge in [-0.05, 0) is 43.9 Å². The lowest BCUT2D eigenvalue weighted by atomic mass is 9.67. The second-order valence-corrected chi connectivity index (χ2v) is 6.28. The van der Waals surface area contributed by atoms with Gasteiger partial charge in [-0.1, -0.05) is 12.5 Å². The Hall–Kier alpha value is -2.11. The molecule has 24 heavy (non-hydrogen) atoms. The van der Waals surface area contributed by atoms with Crippen molar-refractivity contribution < 1.29 is 23.5 Å². The van der Waals surface area contributed by atoms with E-state index < -0.39 is 5.41 Å². The highest BCUT2D eigenvalue weighted by Gasteiger charge is 2.45. The van der Waals surface area contributed by atoms with Crippen molar-refractivity contribution in [2.24, 2.45) is 11.3 Å². The van der Waals surface area contributed by atoms with E-state index in [4.69, 9.17) is 9.47 Å². The second kappa shape index (κ2) is 8.13. The number of carbonyl (C=O) groups is 2. The van der Waals surface area contributed by atoms with Crippen LogP contribution >= 0.6 is 0 Å². The van der Waals surface area contributed by atoms with Gasteiger partial charge in [0.25, 0.3) is 0 Å². The summed E-state index contributed by atoms with van der Waals surface area (Å²) in [6.07, 6.45) is 3.12. The summed E-state index contributed by atoms with van der Waals surface area (Å²) in [5, 5.41) is 3.13. The molecule has 0 aromatic heterocycles. The van der Waals surface area contributed by atoms with Crippen molar-refractivity contribution in [2.45, 2.75) is 32.1 Å². The molecule has 6 heteroatoms. The van der Waals surface area contributed by atoms with E-state index >= 15 is 0 Å². The Labute approximate surface area is 141 Å². The van der Waals surface area contributed by atoms with Gasteiger partial charge in [0.2, 0.25) is 0 Å². The van der Waals surface area contributed by atoms with E-state index in [1.54, 1.807) is 12.1 Å². The maximum Gasteiger partial charge on any atom is 0.311 e. The summed E-state index contributed by atoms with van der Waals surface area (Å²) in [5.74, 6) is -1.17. The monoisotopic (exact) mass is 337 g/mol. The van der Waals surface area contributed by atoms with Crippen LogP contribution in [0, 0.1) is 17.2 Å². The number of ether oxygens (including phenoxy) is 2. The van der Waals surface area contributed by atoms with E-state index in [-0.39, 0.29) is 23.7 Å². The van der Waals surface area contributed by atoms with Crippen LogP contribution in [-0.2, 0) is 19.1 Å². The zero-order valence-electron chi connectivity index (χ0n) is 14.1. The first-order chi connectivity index (χ1) is 11.5. The first-order valence-corrected chi connectivity index (χ1v) is 8.16. The number of esters is 2. The summed E-state index contributed by atoms with van der Waals surface area (Å²) >= 11 is 0. The fourth-order valence-electron chi connectivity index (χ4n) is 3.51. The highest BCUT2D eigenvalue weighted by molar-refractivity contribution is 5.79. The number of methoxy groups -OCH3 is 2. The third-order valence-electron chi connectivity index (χ3n) is 4.76.